The van der Waals surface area contributed by atoms with Crippen LogP contribution in [0.3, 0.4) is 0 Å². The minimum atomic E-state index is -3.07. The van der Waals surface area contributed by atoms with Gasteiger partial charge in [-0.25, -0.2) is 12.8 Å². The molecule has 1 saturated carbocycles. The fourth-order valence-electron chi connectivity index (χ4n) is 2.33. The number of nitrogens with two attached hydrogens (primary N) is 1. The smallest absolute Gasteiger partial charge is 0.151 e. The molecule has 3 unspecified atom stereocenters. The Balaban J connectivity index is 2.27. The first-order chi connectivity index (χ1) is 7.45. The van der Waals surface area contributed by atoms with E-state index in [2.05, 4.69) is 0 Å². The van der Waals surface area contributed by atoms with E-state index in [-0.39, 0.29) is 17.7 Å². The van der Waals surface area contributed by atoms with Crippen molar-refractivity contribution in [3.8, 4) is 0 Å². The normalized spacial score (nSPS) is 29.1. The lowest BCUT2D eigenvalue weighted by Gasteiger charge is -1.98. The molecule has 0 heterocycles. The fourth-order valence-corrected chi connectivity index (χ4v) is 4.05. The molecule has 1 aromatic rings. The van der Waals surface area contributed by atoms with Gasteiger partial charge in [0.1, 0.15) is 5.82 Å². The first-order valence-corrected chi connectivity index (χ1v) is 7.05. The van der Waals surface area contributed by atoms with Crippen LogP contribution in [0.1, 0.15) is 11.5 Å². The number of sulfone groups is 1. The second-order valence-electron chi connectivity index (χ2n) is 4.27. The highest BCUT2D eigenvalue weighted by molar-refractivity contribution is 7.91. The van der Waals surface area contributed by atoms with Crippen molar-refractivity contribution in [2.45, 2.75) is 11.2 Å². The van der Waals surface area contributed by atoms with Gasteiger partial charge in [-0.2, -0.15) is 0 Å². The summed E-state index contributed by atoms with van der Waals surface area (Å²) in [5, 5.41) is -0.400. The van der Waals surface area contributed by atoms with Gasteiger partial charge in [0.25, 0.3) is 0 Å². The molecule has 0 aliphatic heterocycles. The quantitative estimate of drug-likeness (QED) is 0.858. The predicted molar refractivity (Wildman–Crippen MR) is 60.3 cm³/mol. The maximum Gasteiger partial charge on any atom is 0.151 e. The van der Waals surface area contributed by atoms with Gasteiger partial charge in [0, 0.05) is 12.2 Å². The molecule has 1 aromatic carbocycles. The Morgan fingerprint density at radius 2 is 1.88 bits per heavy atom. The summed E-state index contributed by atoms with van der Waals surface area (Å²) in [7, 11) is -3.07. The standard InChI is InChI=1S/C11H14FNO2S/c1-16(14,15)11-9(6-13)10(11)7-2-4-8(12)5-3-7/h2-5,9-11H,6,13H2,1H3. The summed E-state index contributed by atoms with van der Waals surface area (Å²) in [6, 6.07) is 5.96. The van der Waals surface area contributed by atoms with Crippen molar-refractivity contribution < 1.29 is 12.8 Å². The Labute approximate surface area is 94.4 Å². The van der Waals surface area contributed by atoms with Gasteiger partial charge in [0.2, 0.25) is 0 Å². The second-order valence-corrected chi connectivity index (χ2v) is 6.47. The van der Waals surface area contributed by atoms with Crippen molar-refractivity contribution in [1.82, 2.24) is 0 Å². The second kappa shape index (κ2) is 3.82. The lowest BCUT2D eigenvalue weighted by molar-refractivity contribution is 0.597. The number of benzene rings is 1. The van der Waals surface area contributed by atoms with Crippen LogP contribution >= 0.6 is 0 Å². The average molecular weight is 243 g/mol. The Kier molecular flexibility index (Phi) is 2.75. The van der Waals surface area contributed by atoms with Crippen molar-refractivity contribution in [3.63, 3.8) is 0 Å². The molecule has 0 bridgehead atoms. The molecule has 2 rings (SSSR count). The molecular weight excluding hydrogens is 229 g/mol. The maximum absolute atomic E-state index is 12.7. The van der Waals surface area contributed by atoms with Crippen molar-refractivity contribution >= 4 is 9.84 Å². The summed E-state index contributed by atoms with van der Waals surface area (Å²) in [6.07, 6.45) is 1.23. The SMILES string of the molecule is CS(=O)(=O)C1C(CN)C1c1ccc(F)cc1. The molecule has 16 heavy (non-hydrogen) atoms. The van der Waals surface area contributed by atoms with Gasteiger partial charge < -0.3 is 5.73 Å². The molecule has 0 radical (unpaired) electrons. The van der Waals surface area contributed by atoms with E-state index in [1.54, 1.807) is 12.1 Å². The van der Waals surface area contributed by atoms with Crippen LogP contribution in [0, 0.1) is 11.7 Å². The number of halogens is 1. The van der Waals surface area contributed by atoms with Gasteiger partial charge in [-0.05, 0) is 30.2 Å². The highest BCUT2D eigenvalue weighted by atomic mass is 32.2. The van der Waals surface area contributed by atoms with Crippen molar-refractivity contribution in [2.75, 3.05) is 12.8 Å². The molecule has 0 aromatic heterocycles. The van der Waals surface area contributed by atoms with Gasteiger partial charge >= 0.3 is 0 Å². The zero-order chi connectivity index (χ0) is 11.9. The molecular formula is C11H14FNO2S. The van der Waals surface area contributed by atoms with Crippen LogP contribution in [-0.4, -0.2) is 26.5 Å². The summed E-state index contributed by atoms with van der Waals surface area (Å²) >= 11 is 0. The fraction of sp³-hybridized carbons (Fsp3) is 0.455. The van der Waals surface area contributed by atoms with Gasteiger partial charge in [-0.15, -0.1) is 0 Å². The monoisotopic (exact) mass is 243 g/mol. The molecule has 1 aliphatic rings. The lowest BCUT2D eigenvalue weighted by Crippen LogP contribution is -2.11. The highest BCUT2D eigenvalue weighted by Crippen LogP contribution is 2.51. The Morgan fingerprint density at radius 1 is 1.31 bits per heavy atom. The first kappa shape index (κ1) is 11.5. The minimum absolute atomic E-state index is 0.0274. The molecule has 3 nitrogen and oxygen atoms in total. The van der Waals surface area contributed by atoms with Gasteiger partial charge in [-0.3, -0.25) is 0 Å². The number of hydrogen-bond donors (Lipinski definition) is 1. The zero-order valence-corrected chi connectivity index (χ0v) is 9.75. The summed E-state index contributed by atoms with van der Waals surface area (Å²) in [6.45, 7) is 0.347. The van der Waals surface area contributed by atoms with E-state index in [9.17, 15) is 12.8 Å². The summed E-state index contributed by atoms with van der Waals surface area (Å²) < 4.78 is 35.7. The summed E-state index contributed by atoms with van der Waals surface area (Å²) in [4.78, 5) is 0. The molecule has 88 valence electrons. The lowest BCUT2D eigenvalue weighted by atomic mass is 10.1. The van der Waals surface area contributed by atoms with Crippen molar-refractivity contribution in [2.24, 2.45) is 11.7 Å². The molecule has 1 aliphatic carbocycles. The molecule has 0 saturated heterocycles. The van der Waals surface area contributed by atoms with Crippen LogP contribution in [0.25, 0.3) is 0 Å². The third-order valence-electron chi connectivity index (χ3n) is 3.12. The van der Waals surface area contributed by atoms with Gasteiger partial charge in [0.15, 0.2) is 9.84 Å². The van der Waals surface area contributed by atoms with Crippen LogP contribution < -0.4 is 5.73 Å². The van der Waals surface area contributed by atoms with Crippen molar-refractivity contribution in [1.29, 1.82) is 0 Å². The molecule has 0 spiro atoms. The van der Waals surface area contributed by atoms with Crippen LogP contribution in [0.2, 0.25) is 0 Å². The van der Waals surface area contributed by atoms with E-state index in [0.29, 0.717) is 6.54 Å². The topological polar surface area (TPSA) is 60.2 Å². The van der Waals surface area contributed by atoms with E-state index in [1.165, 1.54) is 18.4 Å². The number of hydrogen-bond acceptors (Lipinski definition) is 3. The summed E-state index contributed by atoms with van der Waals surface area (Å²) in [5.74, 6) is -0.411. The summed E-state index contributed by atoms with van der Waals surface area (Å²) in [5.41, 5.74) is 6.39. The van der Waals surface area contributed by atoms with E-state index >= 15 is 0 Å². The van der Waals surface area contributed by atoms with Crippen molar-refractivity contribution in [3.05, 3.63) is 35.6 Å². The van der Waals surface area contributed by atoms with Crippen LogP contribution in [0.4, 0.5) is 4.39 Å². The molecule has 1 fully saturated rings. The van der Waals surface area contributed by atoms with Gasteiger partial charge in [0.05, 0.1) is 5.25 Å². The Hall–Kier alpha value is -0.940. The average Bonchev–Trinajstić information content (AvgIpc) is 2.92. The van der Waals surface area contributed by atoms with Crippen LogP contribution in [-0.2, 0) is 9.84 Å². The molecule has 5 heteroatoms. The van der Waals surface area contributed by atoms with E-state index < -0.39 is 15.1 Å². The predicted octanol–water partition coefficient (Wildman–Crippen LogP) is 0.911. The third-order valence-corrected chi connectivity index (χ3v) is 4.75. The van der Waals surface area contributed by atoms with Crippen LogP contribution in [0.15, 0.2) is 24.3 Å². The minimum Gasteiger partial charge on any atom is -0.330 e. The molecule has 2 N–H and O–H groups in total. The Morgan fingerprint density at radius 3 is 2.25 bits per heavy atom. The zero-order valence-electron chi connectivity index (χ0n) is 8.93. The van der Waals surface area contributed by atoms with E-state index in [1.807, 2.05) is 0 Å². The first-order valence-electron chi connectivity index (χ1n) is 5.09. The maximum atomic E-state index is 12.7. The Bertz CT molecular complexity index is 483. The van der Waals surface area contributed by atoms with E-state index in [4.69, 9.17) is 5.73 Å². The molecule has 3 atom stereocenters. The molecule has 0 amide bonds. The third kappa shape index (κ3) is 1.97. The van der Waals surface area contributed by atoms with Gasteiger partial charge in [-0.1, -0.05) is 12.1 Å². The van der Waals surface area contributed by atoms with E-state index in [0.717, 1.165) is 5.56 Å². The largest absolute Gasteiger partial charge is 0.330 e. The number of rotatable bonds is 3. The van der Waals surface area contributed by atoms with Crippen LogP contribution in [0.5, 0.6) is 0 Å². The highest BCUT2D eigenvalue weighted by Gasteiger charge is 2.55.